The Hall–Kier alpha value is -4.65. The Morgan fingerprint density at radius 3 is 2.33 bits per heavy atom. The van der Waals surface area contributed by atoms with E-state index in [2.05, 4.69) is 15.8 Å². The SMILES string of the molecule is COc1cc(/C=N/NC(=O)/C(=C/C=C/c2ccccc2)NC(=O)c2ccccc2)ccc1O. The molecule has 0 atom stereocenters. The van der Waals surface area contributed by atoms with Crippen molar-refractivity contribution in [2.75, 3.05) is 7.11 Å². The fraction of sp³-hybridized carbons (Fsp3) is 0.0385. The minimum absolute atomic E-state index is 0.00210. The van der Waals surface area contributed by atoms with Crippen LogP contribution in [0.25, 0.3) is 6.08 Å². The number of aromatic hydroxyl groups is 1. The van der Waals surface area contributed by atoms with Gasteiger partial charge in [0.25, 0.3) is 11.8 Å². The first-order valence-electron chi connectivity index (χ1n) is 10.1. The number of hydrogen-bond donors (Lipinski definition) is 3. The summed E-state index contributed by atoms with van der Waals surface area (Å²) in [5.74, 6) is -0.735. The lowest BCUT2D eigenvalue weighted by Gasteiger charge is -2.08. The summed E-state index contributed by atoms with van der Waals surface area (Å²) in [5.41, 5.74) is 4.39. The second kappa shape index (κ2) is 11.7. The average molecular weight is 441 g/mol. The molecule has 0 fully saturated rings. The van der Waals surface area contributed by atoms with Crippen molar-refractivity contribution in [2.24, 2.45) is 5.10 Å². The quantitative estimate of drug-likeness (QED) is 0.214. The van der Waals surface area contributed by atoms with Crippen molar-refractivity contribution in [1.29, 1.82) is 0 Å². The zero-order valence-corrected chi connectivity index (χ0v) is 17.9. The number of methoxy groups -OCH3 is 1. The highest BCUT2D eigenvalue weighted by Crippen LogP contribution is 2.25. The molecule has 33 heavy (non-hydrogen) atoms. The third-order valence-corrected chi connectivity index (χ3v) is 4.46. The molecule has 0 unspecified atom stereocenters. The lowest BCUT2D eigenvalue weighted by molar-refractivity contribution is -0.117. The zero-order valence-electron chi connectivity index (χ0n) is 17.9. The fourth-order valence-electron chi connectivity index (χ4n) is 2.78. The lowest BCUT2D eigenvalue weighted by atomic mass is 10.2. The van der Waals surface area contributed by atoms with Gasteiger partial charge in [0.05, 0.1) is 13.3 Å². The number of hydrogen-bond acceptors (Lipinski definition) is 5. The molecule has 2 amide bonds. The minimum atomic E-state index is -0.598. The zero-order chi connectivity index (χ0) is 23.5. The first-order valence-corrected chi connectivity index (χ1v) is 10.1. The van der Waals surface area contributed by atoms with Crippen molar-refractivity contribution >= 4 is 24.1 Å². The van der Waals surface area contributed by atoms with Gasteiger partial charge >= 0.3 is 0 Å². The van der Waals surface area contributed by atoms with E-state index in [0.29, 0.717) is 11.1 Å². The van der Waals surface area contributed by atoms with Gasteiger partial charge in [0, 0.05) is 5.56 Å². The third kappa shape index (κ3) is 6.93. The molecule has 3 N–H and O–H groups in total. The van der Waals surface area contributed by atoms with E-state index in [4.69, 9.17) is 4.74 Å². The van der Waals surface area contributed by atoms with Gasteiger partial charge in [-0.2, -0.15) is 5.10 Å². The van der Waals surface area contributed by atoms with Gasteiger partial charge in [-0.3, -0.25) is 9.59 Å². The van der Waals surface area contributed by atoms with Gasteiger partial charge in [0.15, 0.2) is 11.5 Å². The number of hydrazone groups is 1. The molecule has 0 aliphatic carbocycles. The van der Waals surface area contributed by atoms with Gasteiger partial charge in [-0.15, -0.1) is 0 Å². The Morgan fingerprint density at radius 2 is 1.64 bits per heavy atom. The molecule has 0 bridgehead atoms. The monoisotopic (exact) mass is 441 g/mol. The van der Waals surface area contributed by atoms with Gasteiger partial charge in [0.2, 0.25) is 0 Å². The minimum Gasteiger partial charge on any atom is -0.504 e. The molecule has 7 nitrogen and oxygen atoms in total. The molecule has 0 heterocycles. The predicted molar refractivity (Wildman–Crippen MR) is 128 cm³/mol. The molecule has 3 aromatic carbocycles. The molecule has 0 aliphatic rings. The van der Waals surface area contributed by atoms with E-state index < -0.39 is 11.8 Å². The first kappa shape index (κ1) is 23.0. The molecule has 0 aromatic heterocycles. The van der Waals surface area contributed by atoms with Crippen LogP contribution < -0.4 is 15.5 Å². The number of amides is 2. The van der Waals surface area contributed by atoms with Crippen LogP contribution in [0.2, 0.25) is 0 Å². The number of allylic oxidation sites excluding steroid dienone is 2. The third-order valence-electron chi connectivity index (χ3n) is 4.46. The number of rotatable bonds is 8. The molecule has 0 spiro atoms. The Kier molecular flexibility index (Phi) is 8.14. The maximum Gasteiger partial charge on any atom is 0.287 e. The molecular weight excluding hydrogens is 418 g/mol. The number of phenols is 1. The maximum absolute atomic E-state index is 12.7. The van der Waals surface area contributed by atoms with Crippen LogP contribution in [0, 0.1) is 0 Å². The van der Waals surface area contributed by atoms with Crippen LogP contribution in [0.5, 0.6) is 11.5 Å². The van der Waals surface area contributed by atoms with Crippen molar-refractivity contribution in [3.63, 3.8) is 0 Å². The van der Waals surface area contributed by atoms with Gasteiger partial charge in [0.1, 0.15) is 5.70 Å². The highest BCUT2D eigenvalue weighted by Gasteiger charge is 2.13. The van der Waals surface area contributed by atoms with E-state index in [1.807, 2.05) is 36.4 Å². The molecule has 3 aromatic rings. The molecule has 3 rings (SSSR count). The van der Waals surface area contributed by atoms with Crippen LogP contribution >= 0.6 is 0 Å². The number of carbonyl (C=O) groups excluding carboxylic acids is 2. The fourth-order valence-corrected chi connectivity index (χ4v) is 2.78. The van der Waals surface area contributed by atoms with Crippen molar-refractivity contribution < 1.29 is 19.4 Å². The number of nitrogens with one attached hydrogen (secondary N) is 2. The van der Waals surface area contributed by atoms with E-state index in [-0.39, 0.29) is 17.2 Å². The molecule has 0 saturated heterocycles. The number of nitrogens with zero attached hydrogens (tertiary/aromatic N) is 1. The van der Waals surface area contributed by atoms with E-state index in [1.165, 1.54) is 25.5 Å². The summed E-state index contributed by atoms with van der Waals surface area (Å²) in [6.45, 7) is 0. The van der Waals surface area contributed by atoms with Gasteiger partial charge in [-0.05, 0) is 47.5 Å². The summed E-state index contributed by atoms with van der Waals surface area (Å²) < 4.78 is 5.05. The summed E-state index contributed by atoms with van der Waals surface area (Å²) in [5, 5.41) is 16.2. The highest BCUT2D eigenvalue weighted by molar-refractivity contribution is 6.03. The molecule has 0 saturated carbocycles. The Balaban J connectivity index is 1.75. The number of phenolic OH excluding ortho intramolecular Hbond substituents is 1. The summed E-state index contributed by atoms with van der Waals surface area (Å²) in [6, 6.07) is 22.8. The number of benzene rings is 3. The standard InChI is InChI=1S/C26H23N3O4/c1-33-24-17-20(15-16-23(24)30)18-27-29-26(32)22(14-8-11-19-9-4-2-5-10-19)28-25(31)21-12-6-3-7-13-21/h2-18,30H,1H3,(H,28,31)(H,29,32)/b11-8+,22-14-,27-18+. The lowest BCUT2D eigenvalue weighted by Crippen LogP contribution is -2.32. The van der Waals surface area contributed by atoms with Crippen molar-refractivity contribution in [3.8, 4) is 11.5 Å². The van der Waals surface area contributed by atoms with Crippen molar-refractivity contribution in [2.45, 2.75) is 0 Å². The van der Waals surface area contributed by atoms with E-state index in [0.717, 1.165) is 5.56 Å². The second-order valence-electron chi connectivity index (χ2n) is 6.80. The Labute approximate surface area is 191 Å². The summed E-state index contributed by atoms with van der Waals surface area (Å²) in [4.78, 5) is 25.3. The number of ether oxygens (including phenoxy) is 1. The largest absolute Gasteiger partial charge is 0.504 e. The summed E-state index contributed by atoms with van der Waals surface area (Å²) >= 11 is 0. The smallest absolute Gasteiger partial charge is 0.287 e. The van der Waals surface area contributed by atoms with Crippen LogP contribution in [0.3, 0.4) is 0 Å². The second-order valence-corrected chi connectivity index (χ2v) is 6.80. The highest BCUT2D eigenvalue weighted by atomic mass is 16.5. The van der Waals surface area contributed by atoms with Crippen LogP contribution in [-0.2, 0) is 4.79 Å². The maximum atomic E-state index is 12.7. The molecule has 166 valence electrons. The van der Waals surface area contributed by atoms with Crippen LogP contribution in [0.1, 0.15) is 21.5 Å². The van der Waals surface area contributed by atoms with Gasteiger partial charge < -0.3 is 15.2 Å². The summed E-state index contributed by atoms with van der Waals surface area (Å²) in [6.07, 6.45) is 6.39. The van der Waals surface area contributed by atoms with Gasteiger partial charge in [-0.25, -0.2) is 5.43 Å². The van der Waals surface area contributed by atoms with Crippen LogP contribution in [-0.4, -0.2) is 30.2 Å². The van der Waals surface area contributed by atoms with E-state index in [1.54, 1.807) is 48.5 Å². The predicted octanol–water partition coefficient (Wildman–Crippen LogP) is 3.88. The molecule has 0 aliphatic heterocycles. The first-order chi connectivity index (χ1) is 16.1. The van der Waals surface area contributed by atoms with Crippen molar-refractivity contribution in [1.82, 2.24) is 10.7 Å². The van der Waals surface area contributed by atoms with Crippen LogP contribution in [0.15, 0.2) is 102 Å². The Morgan fingerprint density at radius 1 is 0.939 bits per heavy atom. The van der Waals surface area contributed by atoms with Crippen molar-refractivity contribution in [3.05, 3.63) is 113 Å². The molecular formula is C26H23N3O4. The van der Waals surface area contributed by atoms with Gasteiger partial charge in [-0.1, -0.05) is 60.7 Å². The molecule has 7 heteroatoms. The van der Waals surface area contributed by atoms with Crippen LogP contribution in [0.4, 0.5) is 0 Å². The molecule has 0 radical (unpaired) electrons. The van der Waals surface area contributed by atoms with E-state index >= 15 is 0 Å². The van der Waals surface area contributed by atoms with E-state index in [9.17, 15) is 14.7 Å². The summed E-state index contributed by atoms with van der Waals surface area (Å²) in [7, 11) is 1.44. The topological polar surface area (TPSA) is 100 Å². The normalized spacial score (nSPS) is 11.5. The Bertz CT molecular complexity index is 1190. The number of carbonyl (C=O) groups is 2. The average Bonchev–Trinajstić information content (AvgIpc) is 2.85.